The summed E-state index contributed by atoms with van der Waals surface area (Å²) in [7, 11) is 0. The summed E-state index contributed by atoms with van der Waals surface area (Å²) in [6.45, 7) is 4.40. The van der Waals surface area contributed by atoms with Crippen molar-refractivity contribution in [2.75, 3.05) is 26.2 Å². The van der Waals surface area contributed by atoms with Gasteiger partial charge in [-0.1, -0.05) is 30.2 Å². The lowest BCUT2D eigenvalue weighted by Gasteiger charge is -2.37. The topological polar surface area (TPSA) is 49.6 Å². The van der Waals surface area contributed by atoms with Crippen LogP contribution in [0.5, 0.6) is 0 Å². The highest BCUT2D eigenvalue weighted by Crippen LogP contribution is 2.25. The zero-order valence-electron chi connectivity index (χ0n) is 13.6. The smallest absolute Gasteiger partial charge is 0.225 e. The molecule has 1 heterocycles. The van der Waals surface area contributed by atoms with Crippen LogP contribution in [0.25, 0.3) is 0 Å². The molecule has 4 nitrogen and oxygen atoms in total. The van der Waals surface area contributed by atoms with Crippen LogP contribution in [0.1, 0.15) is 31.2 Å². The van der Waals surface area contributed by atoms with Crippen LogP contribution < -0.4 is 5.73 Å². The van der Waals surface area contributed by atoms with Crippen molar-refractivity contribution in [3.05, 3.63) is 34.9 Å². The molecule has 0 aromatic heterocycles. The summed E-state index contributed by atoms with van der Waals surface area (Å²) >= 11 is 6.04. The molecule has 1 aliphatic carbocycles. The van der Waals surface area contributed by atoms with Crippen LogP contribution in [0.15, 0.2) is 24.3 Å². The van der Waals surface area contributed by atoms with Gasteiger partial charge in [-0.3, -0.25) is 9.69 Å². The second-order valence-corrected chi connectivity index (χ2v) is 7.29. The minimum absolute atomic E-state index is 0.151. The molecule has 2 atom stereocenters. The van der Waals surface area contributed by atoms with Gasteiger partial charge in [0.25, 0.3) is 0 Å². The van der Waals surface area contributed by atoms with Gasteiger partial charge in [0, 0.05) is 49.7 Å². The monoisotopic (exact) mass is 335 g/mol. The molecule has 2 unspecified atom stereocenters. The van der Waals surface area contributed by atoms with Crippen LogP contribution in [0, 0.1) is 5.92 Å². The van der Waals surface area contributed by atoms with Gasteiger partial charge in [0.15, 0.2) is 0 Å². The molecule has 1 saturated carbocycles. The Labute approximate surface area is 143 Å². The average Bonchev–Trinajstić information content (AvgIpc) is 2.55. The summed E-state index contributed by atoms with van der Waals surface area (Å²) in [5.74, 6) is 0.473. The second-order valence-electron chi connectivity index (χ2n) is 6.85. The van der Waals surface area contributed by atoms with Crippen molar-refractivity contribution in [1.29, 1.82) is 0 Å². The van der Waals surface area contributed by atoms with Crippen molar-refractivity contribution in [3.63, 3.8) is 0 Å². The molecule has 5 heteroatoms. The maximum absolute atomic E-state index is 12.6. The molecule has 23 heavy (non-hydrogen) atoms. The normalized spacial score (nSPS) is 26.3. The summed E-state index contributed by atoms with van der Waals surface area (Å²) in [6, 6.07) is 8.22. The number of nitrogens with two attached hydrogens (primary N) is 1. The second kappa shape index (κ2) is 7.65. The molecule has 2 aliphatic rings. The highest BCUT2D eigenvalue weighted by Gasteiger charge is 2.30. The molecule has 0 bridgehead atoms. The predicted molar refractivity (Wildman–Crippen MR) is 93.2 cm³/mol. The van der Waals surface area contributed by atoms with Crippen molar-refractivity contribution in [1.82, 2.24) is 9.80 Å². The quantitative estimate of drug-likeness (QED) is 0.923. The molecule has 1 aliphatic heterocycles. The van der Waals surface area contributed by atoms with Crippen LogP contribution in [0.4, 0.5) is 0 Å². The van der Waals surface area contributed by atoms with Gasteiger partial charge in [-0.25, -0.2) is 0 Å². The van der Waals surface area contributed by atoms with Gasteiger partial charge < -0.3 is 10.6 Å². The molecule has 1 aromatic rings. The fraction of sp³-hybridized carbons (Fsp3) is 0.611. The first-order valence-electron chi connectivity index (χ1n) is 8.63. The Hall–Kier alpha value is -1.10. The first-order valence-corrected chi connectivity index (χ1v) is 9.01. The minimum Gasteiger partial charge on any atom is -0.340 e. The molecular formula is C18H26ClN3O. The van der Waals surface area contributed by atoms with Crippen LogP contribution >= 0.6 is 11.6 Å². The molecule has 2 N–H and O–H groups in total. The van der Waals surface area contributed by atoms with E-state index >= 15 is 0 Å². The third-order valence-electron chi connectivity index (χ3n) is 5.04. The predicted octanol–water partition coefficient (Wildman–Crippen LogP) is 2.50. The van der Waals surface area contributed by atoms with Crippen molar-refractivity contribution in [2.45, 2.75) is 38.3 Å². The maximum atomic E-state index is 12.6. The maximum Gasteiger partial charge on any atom is 0.225 e. The van der Waals surface area contributed by atoms with E-state index in [4.69, 9.17) is 17.3 Å². The highest BCUT2D eigenvalue weighted by atomic mass is 35.5. The molecule has 2 fully saturated rings. The van der Waals surface area contributed by atoms with E-state index in [-0.39, 0.29) is 12.0 Å². The number of carbonyl (C=O) groups excluding carboxylic acids is 1. The summed E-state index contributed by atoms with van der Waals surface area (Å²) < 4.78 is 0. The first kappa shape index (κ1) is 16.7. The van der Waals surface area contributed by atoms with E-state index in [9.17, 15) is 4.79 Å². The Morgan fingerprint density at radius 1 is 1.22 bits per heavy atom. The zero-order chi connectivity index (χ0) is 16.2. The van der Waals surface area contributed by atoms with E-state index in [1.807, 2.05) is 23.1 Å². The van der Waals surface area contributed by atoms with E-state index in [0.717, 1.165) is 63.4 Å². The number of halogens is 1. The Morgan fingerprint density at radius 3 is 2.70 bits per heavy atom. The molecule has 1 saturated heterocycles. The zero-order valence-corrected chi connectivity index (χ0v) is 14.3. The third-order valence-corrected chi connectivity index (χ3v) is 5.28. The molecule has 0 spiro atoms. The van der Waals surface area contributed by atoms with Gasteiger partial charge >= 0.3 is 0 Å². The number of hydrogen-bond acceptors (Lipinski definition) is 3. The van der Waals surface area contributed by atoms with Gasteiger partial charge in [0.2, 0.25) is 5.91 Å². The summed E-state index contributed by atoms with van der Waals surface area (Å²) in [4.78, 5) is 17.1. The van der Waals surface area contributed by atoms with Gasteiger partial charge in [0.05, 0.1) is 0 Å². The molecule has 0 radical (unpaired) electrons. The molecule has 1 amide bonds. The number of benzene rings is 1. The molecule has 126 valence electrons. The Bertz CT molecular complexity index is 543. The van der Waals surface area contributed by atoms with Gasteiger partial charge in [-0.15, -0.1) is 0 Å². The molecule has 3 rings (SSSR count). The Kier molecular flexibility index (Phi) is 5.57. The van der Waals surface area contributed by atoms with E-state index < -0.39 is 0 Å². The number of amides is 1. The van der Waals surface area contributed by atoms with Crippen molar-refractivity contribution < 1.29 is 4.79 Å². The number of rotatable bonds is 3. The van der Waals surface area contributed by atoms with Gasteiger partial charge in [0.1, 0.15) is 0 Å². The molecule has 1 aromatic carbocycles. The van der Waals surface area contributed by atoms with Crippen LogP contribution in [-0.2, 0) is 11.3 Å². The van der Waals surface area contributed by atoms with E-state index in [1.54, 1.807) is 0 Å². The minimum atomic E-state index is 0.151. The lowest BCUT2D eigenvalue weighted by Crippen LogP contribution is -2.50. The van der Waals surface area contributed by atoms with Crippen LogP contribution in [0.3, 0.4) is 0 Å². The first-order chi connectivity index (χ1) is 11.1. The lowest BCUT2D eigenvalue weighted by atomic mass is 9.85. The van der Waals surface area contributed by atoms with E-state index in [2.05, 4.69) is 11.0 Å². The number of piperazine rings is 1. The fourth-order valence-electron chi connectivity index (χ4n) is 3.73. The average molecular weight is 336 g/mol. The van der Waals surface area contributed by atoms with Crippen molar-refractivity contribution in [2.24, 2.45) is 11.7 Å². The number of nitrogens with zero attached hydrogens (tertiary/aromatic N) is 2. The largest absolute Gasteiger partial charge is 0.340 e. The number of hydrogen-bond donors (Lipinski definition) is 1. The Balaban J connectivity index is 1.49. The summed E-state index contributed by atoms with van der Waals surface area (Å²) in [6.07, 6.45) is 4.03. The summed E-state index contributed by atoms with van der Waals surface area (Å²) in [5.41, 5.74) is 7.25. The Morgan fingerprint density at radius 2 is 2.00 bits per heavy atom. The fourth-order valence-corrected chi connectivity index (χ4v) is 3.94. The van der Waals surface area contributed by atoms with Crippen molar-refractivity contribution >= 4 is 17.5 Å². The van der Waals surface area contributed by atoms with E-state index in [1.165, 1.54) is 5.56 Å². The van der Waals surface area contributed by atoms with E-state index in [0.29, 0.717) is 5.91 Å². The van der Waals surface area contributed by atoms with Gasteiger partial charge in [-0.05, 0) is 37.0 Å². The standard InChI is InChI=1S/C18H26ClN3O/c19-16-5-1-3-14(11-16)13-21-7-9-22(10-8-21)18(23)15-4-2-6-17(20)12-15/h1,3,5,11,15,17H,2,4,6-10,12-13,20H2. The number of carbonyl (C=O) groups is 1. The lowest BCUT2D eigenvalue weighted by molar-refractivity contribution is -0.138. The highest BCUT2D eigenvalue weighted by molar-refractivity contribution is 6.30. The van der Waals surface area contributed by atoms with Crippen LogP contribution in [0.2, 0.25) is 5.02 Å². The van der Waals surface area contributed by atoms with Crippen LogP contribution in [-0.4, -0.2) is 47.9 Å². The third kappa shape index (κ3) is 4.46. The summed E-state index contributed by atoms with van der Waals surface area (Å²) in [5, 5.41) is 0.782. The van der Waals surface area contributed by atoms with Gasteiger partial charge in [-0.2, -0.15) is 0 Å². The van der Waals surface area contributed by atoms with Crippen molar-refractivity contribution in [3.8, 4) is 0 Å². The molecular weight excluding hydrogens is 310 g/mol. The SMILES string of the molecule is NC1CCCC(C(=O)N2CCN(Cc3cccc(Cl)c3)CC2)C1.